The third kappa shape index (κ3) is 2.75. The van der Waals surface area contributed by atoms with E-state index in [9.17, 15) is 35.2 Å². The minimum Gasteiger partial charge on any atom is -0.545 e. The Bertz CT molecular complexity index is 543. The maximum absolute atomic E-state index is 10.7. The predicted molar refractivity (Wildman–Crippen MR) is 50.5 cm³/mol. The number of nitro groups is 2. The van der Waals surface area contributed by atoms with Crippen LogP contribution in [-0.2, 0) is 0 Å². The van der Waals surface area contributed by atoms with E-state index in [1.54, 1.807) is 0 Å². The number of hydrogen-bond acceptors (Lipinski definition) is 7. The Morgan fingerprint density at radius 1 is 1.28 bits per heavy atom. The first-order chi connectivity index (χ1) is 7.77. The van der Waals surface area contributed by atoms with Gasteiger partial charge in [-0.3, -0.25) is 20.2 Å². The molecular formula is C8H5N2NaO7. The first-order valence-corrected chi connectivity index (χ1v) is 4.14. The molecular weight excluding hydrogens is 259 g/mol. The Labute approximate surface area is 122 Å². The Morgan fingerprint density at radius 2 is 1.78 bits per heavy atom. The van der Waals surface area contributed by atoms with E-state index in [4.69, 9.17) is 0 Å². The van der Waals surface area contributed by atoms with Crippen molar-refractivity contribution in [1.29, 1.82) is 0 Å². The molecule has 1 N–H and O–H groups in total. The zero-order chi connectivity index (χ0) is 13.3. The zero-order valence-corrected chi connectivity index (χ0v) is 11.4. The summed E-state index contributed by atoms with van der Waals surface area (Å²) in [7, 11) is 0. The van der Waals surface area contributed by atoms with Crippen LogP contribution >= 0.6 is 0 Å². The SMILES string of the molecule is Cc1c(O)cc([N+](=O)[O-])c([N+](=O)[O-])c1C(=O)[O-].[Na+]. The fraction of sp³-hybridized carbons (Fsp3) is 0.125. The molecule has 0 heterocycles. The number of carboxylic acid groups (broad SMARTS) is 1. The molecule has 0 spiro atoms. The van der Waals surface area contributed by atoms with Crippen molar-refractivity contribution in [3.63, 3.8) is 0 Å². The van der Waals surface area contributed by atoms with Crippen molar-refractivity contribution in [2.24, 2.45) is 0 Å². The van der Waals surface area contributed by atoms with E-state index in [2.05, 4.69) is 0 Å². The molecule has 10 heteroatoms. The number of hydrogen-bond donors (Lipinski definition) is 1. The third-order valence-corrected chi connectivity index (χ3v) is 2.10. The number of aromatic carboxylic acids is 1. The van der Waals surface area contributed by atoms with Crippen LogP contribution in [0.15, 0.2) is 6.07 Å². The van der Waals surface area contributed by atoms with E-state index in [-0.39, 0.29) is 35.1 Å². The molecule has 0 amide bonds. The second-order valence-electron chi connectivity index (χ2n) is 3.07. The van der Waals surface area contributed by atoms with Crippen molar-refractivity contribution < 1.29 is 54.4 Å². The second-order valence-corrected chi connectivity index (χ2v) is 3.07. The molecule has 1 aromatic carbocycles. The summed E-state index contributed by atoms with van der Waals surface area (Å²) in [5.41, 5.74) is -3.66. The van der Waals surface area contributed by atoms with Gasteiger partial charge in [-0.2, -0.15) is 0 Å². The quantitative estimate of drug-likeness (QED) is 0.345. The van der Waals surface area contributed by atoms with Crippen LogP contribution in [-0.4, -0.2) is 20.9 Å². The molecule has 90 valence electrons. The van der Waals surface area contributed by atoms with E-state index in [1.807, 2.05) is 0 Å². The molecule has 1 aromatic rings. The van der Waals surface area contributed by atoms with Crippen LogP contribution in [0.3, 0.4) is 0 Å². The fourth-order valence-electron chi connectivity index (χ4n) is 1.31. The molecule has 0 saturated heterocycles. The van der Waals surface area contributed by atoms with Gasteiger partial charge in [0.05, 0.1) is 27.4 Å². The monoisotopic (exact) mass is 264 g/mol. The summed E-state index contributed by atoms with van der Waals surface area (Å²) in [6.07, 6.45) is 0. The standard InChI is InChI=1S/C8H6N2O7.Na/c1-3-5(11)2-4(9(14)15)7(10(16)17)6(3)8(12)13;/h2,11H,1H3,(H,12,13);/q;+1/p-1. The molecule has 18 heavy (non-hydrogen) atoms. The number of phenolic OH excluding ortho intramolecular Hbond substituents is 1. The molecule has 0 fully saturated rings. The number of aromatic hydroxyl groups is 1. The van der Waals surface area contributed by atoms with Crippen molar-refractivity contribution in [2.75, 3.05) is 0 Å². The predicted octanol–water partition coefficient (Wildman–Crippen LogP) is -3.12. The number of carboxylic acids is 1. The number of carbonyl (C=O) groups excluding carboxylic acids is 1. The zero-order valence-electron chi connectivity index (χ0n) is 9.37. The maximum atomic E-state index is 10.7. The third-order valence-electron chi connectivity index (χ3n) is 2.10. The van der Waals surface area contributed by atoms with Crippen LogP contribution in [0, 0.1) is 27.2 Å². The van der Waals surface area contributed by atoms with Crippen molar-refractivity contribution in [2.45, 2.75) is 6.92 Å². The Balaban J connectivity index is 0.00000289. The van der Waals surface area contributed by atoms with E-state index < -0.39 is 38.5 Å². The van der Waals surface area contributed by atoms with Crippen molar-refractivity contribution >= 4 is 17.3 Å². The van der Waals surface area contributed by atoms with Gasteiger partial charge in [0.25, 0.3) is 0 Å². The number of nitrogens with zero attached hydrogens (tertiary/aromatic N) is 2. The molecule has 1 rings (SSSR count). The minimum absolute atomic E-state index is 0. The number of benzene rings is 1. The summed E-state index contributed by atoms with van der Waals surface area (Å²) in [4.78, 5) is 29.6. The van der Waals surface area contributed by atoms with Gasteiger partial charge in [0.2, 0.25) is 0 Å². The summed E-state index contributed by atoms with van der Waals surface area (Å²) >= 11 is 0. The smallest absolute Gasteiger partial charge is 0.545 e. The van der Waals surface area contributed by atoms with Gasteiger partial charge in [0.1, 0.15) is 5.75 Å². The van der Waals surface area contributed by atoms with Crippen LogP contribution in [0.25, 0.3) is 0 Å². The van der Waals surface area contributed by atoms with Gasteiger partial charge < -0.3 is 15.0 Å². The van der Waals surface area contributed by atoms with Gasteiger partial charge in [0.15, 0.2) is 0 Å². The minimum atomic E-state index is -1.96. The number of phenols is 1. The molecule has 0 aromatic heterocycles. The summed E-state index contributed by atoms with van der Waals surface area (Å²) in [5, 5.41) is 41.2. The average molecular weight is 264 g/mol. The van der Waals surface area contributed by atoms with Crippen molar-refractivity contribution in [1.82, 2.24) is 0 Å². The van der Waals surface area contributed by atoms with Gasteiger partial charge in [-0.15, -0.1) is 0 Å². The molecule has 0 radical (unpaired) electrons. The van der Waals surface area contributed by atoms with E-state index in [0.29, 0.717) is 6.07 Å². The average Bonchev–Trinajstić information content (AvgIpc) is 2.19. The summed E-state index contributed by atoms with van der Waals surface area (Å²) in [6, 6.07) is 0.528. The Kier molecular flexibility index (Phi) is 5.21. The Morgan fingerprint density at radius 3 is 2.11 bits per heavy atom. The largest absolute Gasteiger partial charge is 1.00 e. The normalized spacial score (nSPS) is 9.39. The van der Waals surface area contributed by atoms with E-state index in [0.717, 1.165) is 6.92 Å². The number of nitro benzene ring substituents is 2. The first kappa shape index (κ1) is 16.3. The van der Waals surface area contributed by atoms with E-state index >= 15 is 0 Å². The Hall–Kier alpha value is -1.71. The van der Waals surface area contributed by atoms with Crippen LogP contribution in [0.1, 0.15) is 15.9 Å². The second kappa shape index (κ2) is 5.76. The molecule has 0 aliphatic carbocycles. The summed E-state index contributed by atoms with van der Waals surface area (Å²) < 4.78 is 0. The molecule has 0 bridgehead atoms. The topological polar surface area (TPSA) is 147 Å². The van der Waals surface area contributed by atoms with Gasteiger partial charge in [-0.1, -0.05) is 0 Å². The van der Waals surface area contributed by atoms with Crippen LogP contribution in [0.4, 0.5) is 11.4 Å². The molecule has 9 nitrogen and oxygen atoms in total. The van der Waals surface area contributed by atoms with Crippen molar-refractivity contribution in [3.05, 3.63) is 37.4 Å². The number of carbonyl (C=O) groups is 1. The molecule has 0 aliphatic rings. The van der Waals surface area contributed by atoms with Crippen LogP contribution in [0.5, 0.6) is 5.75 Å². The summed E-state index contributed by atoms with van der Waals surface area (Å²) in [6.45, 7) is 1.08. The summed E-state index contributed by atoms with van der Waals surface area (Å²) in [5.74, 6) is -2.69. The van der Waals surface area contributed by atoms with Gasteiger partial charge in [0, 0.05) is 5.56 Å². The first-order valence-electron chi connectivity index (χ1n) is 4.14. The fourth-order valence-corrected chi connectivity index (χ4v) is 1.31. The molecule has 0 unspecified atom stereocenters. The van der Waals surface area contributed by atoms with Gasteiger partial charge in [-0.05, 0) is 6.92 Å². The number of rotatable bonds is 3. The molecule has 0 atom stereocenters. The van der Waals surface area contributed by atoms with Gasteiger partial charge in [-0.25, -0.2) is 0 Å². The van der Waals surface area contributed by atoms with Crippen molar-refractivity contribution in [3.8, 4) is 5.75 Å². The molecule has 0 aliphatic heterocycles. The maximum Gasteiger partial charge on any atom is 1.00 e. The van der Waals surface area contributed by atoms with E-state index in [1.165, 1.54) is 0 Å². The van der Waals surface area contributed by atoms with Gasteiger partial charge >= 0.3 is 40.9 Å². The van der Waals surface area contributed by atoms with Crippen LogP contribution in [0.2, 0.25) is 0 Å². The van der Waals surface area contributed by atoms with Crippen LogP contribution < -0.4 is 34.7 Å². The molecule has 0 saturated carbocycles.